The van der Waals surface area contributed by atoms with Crippen LogP contribution in [0.15, 0.2) is 17.0 Å². The third kappa shape index (κ3) is 3.52. The van der Waals surface area contributed by atoms with Crippen molar-refractivity contribution in [2.24, 2.45) is 0 Å². The highest BCUT2D eigenvalue weighted by molar-refractivity contribution is 9.09. The highest BCUT2D eigenvalue weighted by Crippen LogP contribution is 2.23. The van der Waals surface area contributed by atoms with E-state index in [4.69, 9.17) is 0 Å². The second kappa shape index (κ2) is 5.27. The Bertz CT molecular complexity index is 532. The van der Waals surface area contributed by atoms with E-state index >= 15 is 0 Å². The largest absolute Gasteiger partial charge is 0.241 e. The molecule has 6 heteroatoms. The van der Waals surface area contributed by atoms with Crippen LogP contribution in [0.5, 0.6) is 0 Å². The summed E-state index contributed by atoms with van der Waals surface area (Å²) >= 11 is 3.26. The topological polar surface area (TPSA) is 46.2 Å². The van der Waals surface area contributed by atoms with Crippen LogP contribution < -0.4 is 4.72 Å². The van der Waals surface area contributed by atoms with Crippen molar-refractivity contribution in [1.29, 1.82) is 0 Å². The summed E-state index contributed by atoms with van der Waals surface area (Å²) in [6.07, 6.45) is 0. The molecule has 0 aliphatic carbocycles. The zero-order valence-corrected chi connectivity index (χ0v) is 13.2. The van der Waals surface area contributed by atoms with Crippen molar-refractivity contribution in [1.82, 2.24) is 4.72 Å². The number of rotatable bonds is 4. The molecular weight excluding hydrogens is 321 g/mol. The SMILES string of the molecule is Cc1cc(F)cc(C)c1S(=O)(=O)NC(C)(C)CBr. The van der Waals surface area contributed by atoms with Gasteiger partial charge in [0.1, 0.15) is 5.82 Å². The number of hydrogen-bond acceptors (Lipinski definition) is 2. The van der Waals surface area contributed by atoms with Gasteiger partial charge in [0, 0.05) is 10.9 Å². The Morgan fingerprint density at radius 3 is 2.11 bits per heavy atom. The van der Waals surface area contributed by atoms with Gasteiger partial charge in [-0.05, 0) is 51.0 Å². The van der Waals surface area contributed by atoms with Crippen LogP contribution in [0.3, 0.4) is 0 Å². The Morgan fingerprint density at radius 1 is 1.28 bits per heavy atom. The van der Waals surface area contributed by atoms with Crippen molar-refractivity contribution in [2.75, 3.05) is 5.33 Å². The van der Waals surface area contributed by atoms with Crippen molar-refractivity contribution in [2.45, 2.75) is 38.1 Å². The van der Waals surface area contributed by atoms with E-state index in [1.165, 1.54) is 12.1 Å². The molecule has 1 aromatic rings. The predicted molar refractivity (Wildman–Crippen MR) is 74.1 cm³/mol. The molecule has 102 valence electrons. The Hall–Kier alpha value is -0.460. The van der Waals surface area contributed by atoms with Crippen molar-refractivity contribution in [3.63, 3.8) is 0 Å². The van der Waals surface area contributed by atoms with Crippen molar-refractivity contribution >= 4 is 26.0 Å². The molecule has 0 saturated heterocycles. The summed E-state index contributed by atoms with van der Waals surface area (Å²) < 4.78 is 40.4. The van der Waals surface area contributed by atoms with Crippen LogP contribution in [-0.2, 0) is 10.0 Å². The average Bonchev–Trinajstić information content (AvgIpc) is 2.13. The van der Waals surface area contributed by atoms with E-state index in [-0.39, 0.29) is 4.90 Å². The van der Waals surface area contributed by atoms with Crippen molar-refractivity contribution in [3.8, 4) is 0 Å². The standard InChI is InChI=1S/C12H17BrFNO2S/c1-8-5-10(14)6-9(2)11(8)18(16,17)15-12(3,4)7-13/h5-6,15H,7H2,1-4H3. The van der Waals surface area contributed by atoms with E-state index in [1.807, 2.05) is 0 Å². The first-order valence-electron chi connectivity index (χ1n) is 5.46. The lowest BCUT2D eigenvalue weighted by atomic mass is 10.1. The number of halogens is 2. The maximum absolute atomic E-state index is 13.2. The zero-order chi connectivity index (χ0) is 14.1. The molecule has 0 unspecified atom stereocenters. The normalized spacial score (nSPS) is 12.8. The molecule has 0 aliphatic heterocycles. The summed E-state index contributed by atoms with van der Waals surface area (Å²) in [6, 6.07) is 2.45. The van der Waals surface area contributed by atoms with E-state index in [2.05, 4.69) is 20.7 Å². The molecule has 0 bridgehead atoms. The first-order valence-corrected chi connectivity index (χ1v) is 8.06. The quantitative estimate of drug-likeness (QED) is 0.858. The van der Waals surface area contributed by atoms with E-state index in [9.17, 15) is 12.8 Å². The lowest BCUT2D eigenvalue weighted by molar-refractivity contribution is 0.499. The molecule has 1 N–H and O–H groups in total. The Morgan fingerprint density at radius 2 is 1.72 bits per heavy atom. The average molecular weight is 338 g/mol. The maximum Gasteiger partial charge on any atom is 0.241 e. The lowest BCUT2D eigenvalue weighted by Gasteiger charge is -2.24. The number of benzene rings is 1. The summed E-state index contributed by atoms with van der Waals surface area (Å²) in [5.41, 5.74) is 0.210. The molecule has 1 rings (SSSR count). The molecule has 0 atom stereocenters. The van der Waals surface area contributed by atoms with Crippen LogP contribution >= 0.6 is 15.9 Å². The number of nitrogens with one attached hydrogen (secondary N) is 1. The molecule has 0 fully saturated rings. The van der Waals surface area contributed by atoms with Crippen LogP contribution in [0.4, 0.5) is 4.39 Å². The third-order valence-corrected chi connectivity index (χ3v) is 5.84. The summed E-state index contributed by atoms with van der Waals surface area (Å²) in [5, 5.41) is 0.485. The fourth-order valence-electron chi connectivity index (χ4n) is 1.76. The van der Waals surface area contributed by atoms with Gasteiger partial charge in [-0.3, -0.25) is 0 Å². The van der Waals surface area contributed by atoms with Crippen LogP contribution in [0.25, 0.3) is 0 Å². The van der Waals surface area contributed by atoms with E-state index in [0.29, 0.717) is 16.5 Å². The summed E-state index contributed by atoms with van der Waals surface area (Å²) in [4.78, 5) is 0.151. The van der Waals surface area contributed by atoms with Gasteiger partial charge in [-0.2, -0.15) is 0 Å². The minimum absolute atomic E-state index is 0.151. The molecule has 0 amide bonds. The molecule has 18 heavy (non-hydrogen) atoms. The first-order chi connectivity index (χ1) is 8.09. The molecular formula is C12H17BrFNO2S. The highest BCUT2D eigenvalue weighted by atomic mass is 79.9. The maximum atomic E-state index is 13.2. The molecule has 0 radical (unpaired) electrons. The molecule has 1 aromatic carbocycles. The molecule has 3 nitrogen and oxygen atoms in total. The van der Waals surface area contributed by atoms with Gasteiger partial charge >= 0.3 is 0 Å². The molecule has 0 aromatic heterocycles. The Kier molecular flexibility index (Phi) is 4.56. The number of aryl methyl sites for hydroxylation is 2. The molecule has 0 aliphatic rings. The zero-order valence-electron chi connectivity index (χ0n) is 10.8. The highest BCUT2D eigenvalue weighted by Gasteiger charge is 2.27. The van der Waals surface area contributed by atoms with Gasteiger partial charge in [0.25, 0.3) is 0 Å². The van der Waals surface area contributed by atoms with Crippen LogP contribution in [0, 0.1) is 19.7 Å². The van der Waals surface area contributed by atoms with Crippen LogP contribution in [0.1, 0.15) is 25.0 Å². The van der Waals surface area contributed by atoms with E-state index < -0.39 is 21.4 Å². The van der Waals surface area contributed by atoms with Crippen molar-refractivity contribution in [3.05, 3.63) is 29.1 Å². The van der Waals surface area contributed by atoms with Gasteiger partial charge in [0.15, 0.2) is 0 Å². The van der Waals surface area contributed by atoms with Gasteiger partial charge in [0.2, 0.25) is 10.0 Å². The lowest BCUT2D eigenvalue weighted by Crippen LogP contribution is -2.45. The Balaban J connectivity index is 3.30. The first kappa shape index (κ1) is 15.6. The van der Waals surface area contributed by atoms with Gasteiger partial charge in [0.05, 0.1) is 4.90 Å². The number of sulfonamides is 1. The minimum atomic E-state index is -3.65. The molecule has 0 heterocycles. The number of hydrogen-bond donors (Lipinski definition) is 1. The van der Waals surface area contributed by atoms with E-state index in [1.54, 1.807) is 27.7 Å². The monoisotopic (exact) mass is 337 g/mol. The summed E-state index contributed by atoms with van der Waals surface area (Å²) in [6.45, 7) is 6.72. The van der Waals surface area contributed by atoms with Gasteiger partial charge in [-0.1, -0.05) is 15.9 Å². The third-order valence-electron chi connectivity index (χ3n) is 2.44. The second-order valence-corrected chi connectivity index (χ2v) is 7.17. The van der Waals surface area contributed by atoms with Crippen LogP contribution in [-0.4, -0.2) is 19.3 Å². The van der Waals surface area contributed by atoms with Crippen molar-refractivity contribution < 1.29 is 12.8 Å². The number of alkyl halides is 1. The van der Waals surface area contributed by atoms with Crippen LogP contribution in [0.2, 0.25) is 0 Å². The van der Waals surface area contributed by atoms with Gasteiger partial charge < -0.3 is 0 Å². The Labute approximate surface area is 116 Å². The second-order valence-electron chi connectivity index (χ2n) is 4.99. The fourth-order valence-corrected chi connectivity index (χ4v) is 3.96. The van der Waals surface area contributed by atoms with E-state index in [0.717, 1.165) is 0 Å². The molecule has 0 spiro atoms. The summed E-state index contributed by atoms with van der Waals surface area (Å²) in [7, 11) is -3.65. The predicted octanol–water partition coefficient (Wildman–Crippen LogP) is 2.89. The molecule has 0 saturated carbocycles. The van der Waals surface area contributed by atoms with Gasteiger partial charge in [-0.25, -0.2) is 17.5 Å². The minimum Gasteiger partial charge on any atom is -0.207 e. The fraction of sp³-hybridized carbons (Fsp3) is 0.500. The smallest absolute Gasteiger partial charge is 0.207 e. The van der Waals surface area contributed by atoms with Gasteiger partial charge in [-0.15, -0.1) is 0 Å². The summed E-state index contributed by atoms with van der Waals surface area (Å²) in [5.74, 6) is -0.427.